The molecule has 4 aromatic rings. The largest absolute Gasteiger partial charge is 0.744 e. The van der Waals surface area contributed by atoms with Gasteiger partial charge in [0.05, 0.1) is 15.2 Å². The van der Waals surface area contributed by atoms with Gasteiger partial charge in [0, 0.05) is 47.3 Å². The first kappa shape index (κ1) is 32.1. The molecular formula is C33H35N2O6S2-. The molecular weight excluding hydrogens is 585 g/mol. The van der Waals surface area contributed by atoms with Crippen LogP contribution >= 0.6 is 0 Å². The summed E-state index contributed by atoms with van der Waals surface area (Å²) < 4.78 is 68.5. The minimum absolute atomic E-state index is 0.0308. The summed E-state index contributed by atoms with van der Waals surface area (Å²) in [5.41, 5.74) is 6.60. The topological polar surface area (TPSA) is 121 Å². The van der Waals surface area contributed by atoms with Gasteiger partial charge in [0.25, 0.3) is 0 Å². The van der Waals surface area contributed by atoms with E-state index in [0.29, 0.717) is 0 Å². The Morgan fingerprint density at radius 3 is 1.70 bits per heavy atom. The van der Waals surface area contributed by atoms with Gasteiger partial charge in [-0.3, -0.25) is 0 Å². The number of fused-ring (bicyclic) bond motifs is 2. The zero-order valence-electron chi connectivity index (χ0n) is 24.8. The number of benzene rings is 4. The third-order valence-corrected chi connectivity index (χ3v) is 9.57. The van der Waals surface area contributed by atoms with Gasteiger partial charge in [-0.1, -0.05) is 54.6 Å². The lowest BCUT2D eigenvalue weighted by molar-refractivity contribution is -0.401. The zero-order valence-corrected chi connectivity index (χ0v) is 26.4. The van der Waals surface area contributed by atoms with Crippen molar-refractivity contribution in [3.63, 3.8) is 0 Å². The van der Waals surface area contributed by atoms with Gasteiger partial charge in [-0.15, -0.1) is 0 Å². The zero-order chi connectivity index (χ0) is 31.6. The fourth-order valence-electron chi connectivity index (χ4n) is 5.55. The lowest BCUT2D eigenvalue weighted by Gasteiger charge is -2.20. The second-order valence-corrected chi connectivity index (χ2v) is 13.4. The SMILES string of the molecule is CCN(CC)c1ccc(C=CC2=[N+](C)c3ccccc3C2(C)C)cc1.O=S(=O)([O-])c1cccc2c(S(=O)(=O)[O-])cccc12. The van der Waals surface area contributed by atoms with Crippen LogP contribution in [0.4, 0.5) is 11.4 Å². The Kier molecular flexibility index (Phi) is 9.27. The van der Waals surface area contributed by atoms with Crippen LogP contribution in [0.2, 0.25) is 0 Å². The molecule has 0 unspecified atom stereocenters. The Balaban J connectivity index is 0.000000208. The highest BCUT2D eigenvalue weighted by Crippen LogP contribution is 2.39. The van der Waals surface area contributed by atoms with Crippen molar-refractivity contribution in [1.82, 2.24) is 0 Å². The van der Waals surface area contributed by atoms with E-state index in [1.807, 2.05) is 0 Å². The first-order valence-electron chi connectivity index (χ1n) is 13.9. The fraction of sp³-hybridized carbons (Fsp3) is 0.242. The Hall–Kier alpha value is -3.83. The number of allylic oxidation sites excluding steroid dienone is 1. The number of anilines is 1. The van der Waals surface area contributed by atoms with E-state index in [1.165, 1.54) is 52.5 Å². The highest BCUT2D eigenvalue weighted by Gasteiger charge is 2.42. The van der Waals surface area contributed by atoms with Gasteiger partial charge in [-0.05, 0) is 63.6 Å². The second-order valence-electron chi connectivity index (χ2n) is 10.7. The van der Waals surface area contributed by atoms with E-state index in [2.05, 4.69) is 105 Å². The van der Waals surface area contributed by atoms with E-state index < -0.39 is 30.0 Å². The Bertz CT molecular complexity index is 1850. The lowest BCUT2D eigenvalue weighted by Crippen LogP contribution is -2.26. The Labute approximate surface area is 254 Å². The van der Waals surface area contributed by atoms with Crippen molar-refractivity contribution < 1.29 is 30.5 Å². The van der Waals surface area contributed by atoms with Crippen molar-refractivity contribution in [3.05, 3.63) is 102 Å². The highest BCUT2D eigenvalue weighted by atomic mass is 32.2. The summed E-state index contributed by atoms with van der Waals surface area (Å²) in [5.74, 6) is 0. The lowest BCUT2D eigenvalue weighted by atomic mass is 9.81. The number of nitrogens with zero attached hydrogens (tertiary/aromatic N) is 2. The van der Waals surface area contributed by atoms with Gasteiger partial charge in [0.15, 0.2) is 5.71 Å². The Morgan fingerprint density at radius 2 is 1.23 bits per heavy atom. The molecule has 0 saturated carbocycles. The smallest absolute Gasteiger partial charge is 0.209 e. The molecule has 1 aliphatic rings. The normalized spacial score (nSPS) is 14.5. The van der Waals surface area contributed by atoms with Crippen molar-refractivity contribution in [1.29, 1.82) is 0 Å². The molecule has 0 bridgehead atoms. The maximum Gasteiger partial charge on any atom is 0.209 e. The molecule has 0 spiro atoms. The molecule has 8 nitrogen and oxygen atoms in total. The molecule has 43 heavy (non-hydrogen) atoms. The second kappa shape index (κ2) is 12.4. The molecule has 226 valence electrons. The van der Waals surface area contributed by atoms with Crippen LogP contribution in [0.1, 0.15) is 38.8 Å². The summed E-state index contributed by atoms with van der Waals surface area (Å²) >= 11 is 0. The summed E-state index contributed by atoms with van der Waals surface area (Å²) in [6.45, 7) is 11.1. The molecule has 0 saturated heterocycles. The molecule has 0 N–H and O–H groups in total. The van der Waals surface area contributed by atoms with Gasteiger partial charge in [0.2, 0.25) is 5.69 Å². The van der Waals surface area contributed by atoms with E-state index in [-0.39, 0.29) is 16.2 Å². The van der Waals surface area contributed by atoms with Crippen LogP contribution < -0.4 is 4.90 Å². The predicted molar refractivity (Wildman–Crippen MR) is 169 cm³/mol. The minimum atomic E-state index is -4.74. The standard InChI is InChI=1S/C23H29N2.C10H8O6S2/c1-6-25(7-2)19-15-12-18(13-16-19)14-17-22-23(3,4)20-10-8-9-11-21(20)24(22)5;11-17(12,13)9-5-1-3-7-8(9)4-2-6-10(7)18(14,15)16/h8-17H,6-7H2,1-5H3;1-6H,(H,11,12,13)(H,14,15,16)/q+1;/p-2. The third-order valence-electron chi connectivity index (χ3n) is 7.78. The fourth-order valence-corrected chi connectivity index (χ4v) is 6.94. The first-order chi connectivity index (χ1) is 20.2. The van der Waals surface area contributed by atoms with Crippen LogP contribution in [0.5, 0.6) is 0 Å². The monoisotopic (exact) mass is 619 g/mol. The molecule has 0 fully saturated rings. The molecule has 0 atom stereocenters. The average Bonchev–Trinajstić information content (AvgIpc) is 3.16. The summed E-state index contributed by atoms with van der Waals surface area (Å²) in [5, 5.41) is -0.158. The molecule has 1 aliphatic heterocycles. The van der Waals surface area contributed by atoms with Gasteiger partial charge < -0.3 is 14.0 Å². The van der Waals surface area contributed by atoms with Crippen molar-refractivity contribution in [2.75, 3.05) is 25.0 Å². The molecule has 0 aromatic heterocycles. The van der Waals surface area contributed by atoms with Crippen LogP contribution in [0.25, 0.3) is 16.8 Å². The van der Waals surface area contributed by atoms with Gasteiger partial charge in [0.1, 0.15) is 27.3 Å². The molecule has 0 aliphatic carbocycles. The molecule has 0 radical (unpaired) electrons. The van der Waals surface area contributed by atoms with Crippen molar-refractivity contribution in [2.45, 2.75) is 42.9 Å². The number of rotatable bonds is 7. The maximum absolute atomic E-state index is 11.0. The van der Waals surface area contributed by atoms with Gasteiger partial charge >= 0.3 is 0 Å². The number of hydrogen-bond donors (Lipinski definition) is 0. The summed E-state index contributed by atoms with van der Waals surface area (Å²) in [6, 6.07) is 24.6. The van der Waals surface area contributed by atoms with E-state index in [4.69, 9.17) is 0 Å². The third kappa shape index (κ3) is 6.73. The predicted octanol–water partition coefficient (Wildman–Crippen LogP) is 5.90. The highest BCUT2D eigenvalue weighted by molar-refractivity contribution is 7.86. The van der Waals surface area contributed by atoms with E-state index in [9.17, 15) is 25.9 Å². The maximum atomic E-state index is 11.0. The minimum Gasteiger partial charge on any atom is -0.744 e. The molecule has 4 aromatic carbocycles. The van der Waals surface area contributed by atoms with Crippen LogP contribution in [-0.2, 0) is 25.7 Å². The van der Waals surface area contributed by atoms with Crippen LogP contribution in [0.3, 0.4) is 0 Å². The molecule has 0 amide bonds. The van der Waals surface area contributed by atoms with E-state index in [0.717, 1.165) is 25.2 Å². The van der Waals surface area contributed by atoms with Crippen molar-refractivity contribution in [2.24, 2.45) is 0 Å². The summed E-state index contributed by atoms with van der Waals surface area (Å²) in [4.78, 5) is 1.27. The first-order valence-corrected chi connectivity index (χ1v) is 16.7. The summed E-state index contributed by atoms with van der Waals surface area (Å²) in [7, 11) is -7.31. The quantitative estimate of drug-likeness (QED) is 0.187. The molecule has 1 heterocycles. The molecule has 5 rings (SSSR count). The van der Waals surface area contributed by atoms with Crippen LogP contribution in [-0.4, -0.2) is 56.4 Å². The summed E-state index contributed by atoms with van der Waals surface area (Å²) in [6.07, 6.45) is 4.50. The average molecular weight is 620 g/mol. The van der Waals surface area contributed by atoms with E-state index >= 15 is 0 Å². The molecule has 10 heteroatoms. The van der Waals surface area contributed by atoms with Gasteiger partial charge in [-0.25, -0.2) is 16.8 Å². The van der Waals surface area contributed by atoms with Crippen molar-refractivity contribution >= 4 is 54.2 Å². The number of hydrogen-bond acceptors (Lipinski definition) is 7. The van der Waals surface area contributed by atoms with Crippen LogP contribution in [0, 0.1) is 0 Å². The van der Waals surface area contributed by atoms with Gasteiger partial charge in [-0.2, -0.15) is 4.58 Å². The Morgan fingerprint density at radius 1 is 0.721 bits per heavy atom. The number of para-hydroxylation sites is 1. The van der Waals surface area contributed by atoms with Crippen LogP contribution in [0.15, 0.2) is 101 Å². The van der Waals surface area contributed by atoms with Crippen molar-refractivity contribution in [3.8, 4) is 0 Å². The van der Waals surface area contributed by atoms with E-state index in [1.54, 1.807) is 0 Å².